The minimum Gasteiger partial charge on any atom is -0.383 e. The summed E-state index contributed by atoms with van der Waals surface area (Å²) in [5.41, 5.74) is 0.826. The number of rotatable bonds is 4. The summed E-state index contributed by atoms with van der Waals surface area (Å²) in [7, 11) is 1.67. The highest BCUT2D eigenvalue weighted by Crippen LogP contribution is 2.24. The second-order valence-electron chi connectivity index (χ2n) is 4.38. The van der Waals surface area contributed by atoms with Gasteiger partial charge in [0.25, 0.3) is 0 Å². The number of pyridine rings is 1. The summed E-state index contributed by atoms with van der Waals surface area (Å²) >= 11 is 5.27. The molecule has 3 aromatic rings. The van der Waals surface area contributed by atoms with E-state index in [1.807, 2.05) is 28.8 Å². The smallest absolute Gasteiger partial charge is 0.195 e. The van der Waals surface area contributed by atoms with Crippen molar-refractivity contribution in [2.24, 2.45) is 0 Å². The third-order valence-corrected chi connectivity index (χ3v) is 3.47. The van der Waals surface area contributed by atoms with E-state index in [9.17, 15) is 0 Å². The van der Waals surface area contributed by atoms with Gasteiger partial charge in [-0.3, -0.25) is 14.6 Å². The predicted molar refractivity (Wildman–Crippen MR) is 80.0 cm³/mol. The van der Waals surface area contributed by atoms with E-state index in [-0.39, 0.29) is 0 Å². The predicted octanol–water partition coefficient (Wildman–Crippen LogP) is 2.80. The first-order valence-corrected chi connectivity index (χ1v) is 6.70. The van der Waals surface area contributed by atoms with Gasteiger partial charge in [-0.05, 0) is 23.7 Å². The van der Waals surface area contributed by atoms with Crippen molar-refractivity contribution in [1.82, 2.24) is 19.7 Å². The maximum atomic E-state index is 5.27. The highest BCUT2D eigenvalue weighted by Gasteiger charge is 2.12. The Morgan fingerprint density at radius 1 is 1.30 bits per heavy atom. The van der Waals surface area contributed by atoms with Crippen molar-refractivity contribution in [3.05, 3.63) is 41.3 Å². The van der Waals surface area contributed by atoms with E-state index < -0.39 is 0 Å². The molecule has 0 saturated carbocycles. The van der Waals surface area contributed by atoms with Gasteiger partial charge in [0.15, 0.2) is 10.6 Å². The van der Waals surface area contributed by atoms with E-state index >= 15 is 0 Å². The Morgan fingerprint density at radius 3 is 3.00 bits per heavy atom. The number of nitrogens with zero attached hydrogens (tertiary/aromatic N) is 3. The first-order chi connectivity index (χ1) is 9.81. The summed E-state index contributed by atoms with van der Waals surface area (Å²) in [5.74, 6) is 0.740. The summed E-state index contributed by atoms with van der Waals surface area (Å²) in [5, 5.41) is 9.33. The fourth-order valence-corrected chi connectivity index (χ4v) is 2.41. The van der Waals surface area contributed by atoms with Gasteiger partial charge in [0, 0.05) is 18.7 Å². The van der Waals surface area contributed by atoms with Crippen molar-refractivity contribution < 1.29 is 4.74 Å². The molecule has 0 saturated heterocycles. The second kappa shape index (κ2) is 5.52. The molecule has 20 heavy (non-hydrogen) atoms. The quantitative estimate of drug-likeness (QED) is 0.749. The van der Waals surface area contributed by atoms with Crippen LogP contribution in [0.5, 0.6) is 0 Å². The van der Waals surface area contributed by atoms with Gasteiger partial charge in [0.2, 0.25) is 0 Å². The molecule has 2 heterocycles. The lowest BCUT2D eigenvalue weighted by molar-refractivity contribution is 0.187. The van der Waals surface area contributed by atoms with Crippen molar-refractivity contribution >= 4 is 23.0 Å². The van der Waals surface area contributed by atoms with Gasteiger partial charge in [0.05, 0.1) is 13.2 Å². The van der Waals surface area contributed by atoms with E-state index in [0.29, 0.717) is 17.9 Å². The van der Waals surface area contributed by atoms with Crippen LogP contribution in [-0.4, -0.2) is 33.5 Å². The summed E-state index contributed by atoms with van der Waals surface area (Å²) in [6, 6.07) is 10.1. The average molecular weight is 286 g/mol. The molecule has 1 aromatic carbocycles. The Balaban J connectivity index is 2.19. The third kappa shape index (κ3) is 2.23. The molecule has 0 aliphatic heterocycles. The molecule has 6 heteroatoms. The Hall–Kier alpha value is -2.05. The number of nitrogens with one attached hydrogen (secondary N) is 1. The number of methoxy groups -OCH3 is 1. The van der Waals surface area contributed by atoms with Gasteiger partial charge >= 0.3 is 0 Å². The third-order valence-electron chi connectivity index (χ3n) is 3.16. The van der Waals surface area contributed by atoms with Crippen LogP contribution >= 0.6 is 12.2 Å². The molecule has 0 aliphatic carbocycles. The molecule has 102 valence electrons. The average Bonchev–Trinajstić information content (AvgIpc) is 2.85. The highest BCUT2D eigenvalue weighted by molar-refractivity contribution is 7.71. The number of aromatic amines is 1. The Kier molecular flexibility index (Phi) is 3.58. The summed E-state index contributed by atoms with van der Waals surface area (Å²) < 4.78 is 7.61. The zero-order valence-corrected chi connectivity index (χ0v) is 11.9. The van der Waals surface area contributed by atoms with Gasteiger partial charge in [-0.2, -0.15) is 5.10 Å². The highest BCUT2D eigenvalue weighted by atomic mass is 32.1. The second-order valence-corrected chi connectivity index (χ2v) is 4.76. The fourth-order valence-electron chi connectivity index (χ4n) is 2.19. The number of ether oxygens (including phenoxy) is 1. The Labute approximate surface area is 121 Å². The molecule has 0 atom stereocenters. The molecule has 0 spiro atoms. The van der Waals surface area contributed by atoms with Gasteiger partial charge in [0.1, 0.15) is 5.69 Å². The van der Waals surface area contributed by atoms with Gasteiger partial charge in [-0.25, -0.2) is 0 Å². The minimum absolute atomic E-state index is 0.575. The van der Waals surface area contributed by atoms with E-state index in [0.717, 1.165) is 22.3 Å². The van der Waals surface area contributed by atoms with Crippen LogP contribution in [0.1, 0.15) is 0 Å². The Bertz CT molecular complexity index is 788. The summed E-state index contributed by atoms with van der Waals surface area (Å²) in [6.07, 6.45) is 1.79. The number of fused-ring (bicyclic) bond motifs is 1. The number of aromatic nitrogens is 4. The van der Waals surface area contributed by atoms with E-state index in [2.05, 4.69) is 21.2 Å². The van der Waals surface area contributed by atoms with Crippen LogP contribution in [0.25, 0.3) is 22.3 Å². The zero-order valence-electron chi connectivity index (χ0n) is 11.0. The normalized spacial score (nSPS) is 11.1. The Morgan fingerprint density at radius 2 is 2.15 bits per heavy atom. The van der Waals surface area contributed by atoms with Gasteiger partial charge in [-0.15, -0.1) is 0 Å². The molecule has 0 aliphatic rings. The van der Waals surface area contributed by atoms with Gasteiger partial charge < -0.3 is 4.74 Å². The van der Waals surface area contributed by atoms with Gasteiger partial charge in [-0.1, -0.05) is 24.3 Å². The van der Waals surface area contributed by atoms with Crippen LogP contribution in [-0.2, 0) is 11.3 Å². The summed E-state index contributed by atoms with van der Waals surface area (Å²) in [4.78, 5) is 4.47. The lowest BCUT2D eigenvalue weighted by Crippen LogP contribution is -2.07. The largest absolute Gasteiger partial charge is 0.383 e. The fraction of sp³-hybridized carbons (Fsp3) is 0.214. The lowest BCUT2D eigenvalue weighted by atomic mass is 10.1. The van der Waals surface area contributed by atoms with Crippen LogP contribution in [0.2, 0.25) is 0 Å². The number of benzene rings is 1. The monoisotopic (exact) mass is 286 g/mol. The topological polar surface area (TPSA) is 55.7 Å². The van der Waals surface area contributed by atoms with Crippen LogP contribution in [0.4, 0.5) is 0 Å². The van der Waals surface area contributed by atoms with Crippen molar-refractivity contribution in [3.8, 4) is 11.5 Å². The molecule has 0 fully saturated rings. The molecule has 1 N–H and O–H groups in total. The number of hydrogen-bond acceptors (Lipinski definition) is 4. The van der Waals surface area contributed by atoms with E-state index in [4.69, 9.17) is 17.0 Å². The molecule has 0 bridgehead atoms. The lowest BCUT2D eigenvalue weighted by Gasteiger charge is -2.07. The zero-order chi connectivity index (χ0) is 13.9. The molecule has 2 aromatic heterocycles. The first kappa shape index (κ1) is 13.0. The molecule has 5 nitrogen and oxygen atoms in total. The maximum absolute atomic E-state index is 5.27. The van der Waals surface area contributed by atoms with E-state index in [1.165, 1.54) is 0 Å². The van der Waals surface area contributed by atoms with Crippen molar-refractivity contribution in [1.29, 1.82) is 0 Å². The van der Waals surface area contributed by atoms with Crippen LogP contribution in [0.15, 0.2) is 36.5 Å². The molecule has 0 radical (unpaired) electrons. The summed E-state index contributed by atoms with van der Waals surface area (Å²) in [6.45, 7) is 1.22. The molecule has 0 amide bonds. The van der Waals surface area contributed by atoms with Crippen molar-refractivity contribution in [2.45, 2.75) is 6.54 Å². The maximum Gasteiger partial charge on any atom is 0.195 e. The number of hydrogen-bond donors (Lipinski definition) is 1. The van der Waals surface area contributed by atoms with Crippen LogP contribution in [0, 0.1) is 4.77 Å². The molecule has 0 unspecified atom stereocenters. The standard InChI is InChI=1S/C14H14N4OS/c1-19-9-8-18-13(16-17-14(18)20)12-11-5-3-2-4-10(11)6-7-15-12/h2-7H,8-9H2,1H3,(H,17,20). The molecule has 3 rings (SSSR count). The van der Waals surface area contributed by atoms with Crippen LogP contribution in [0.3, 0.4) is 0 Å². The van der Waals surface area contributed by atoms with Crippen LogP contribution < -0.4 is 0 Å². The van der Waals surface area contributed by atoms with Crippen molar-refractivity contribution in [3.63, 3.8) is 0 Å². The van der Waals surface area contributed by atoms with E-state index in [1.54, 1.807) is 13.3 Å². The first-order valence-electron chi connectivity index (χ1n) is 6.29. The SMILES string of the molecule is COCCn1c(-c2nccc3ccccc23)n[nH]c1=S. The molecular weight excluding hydrogens is 272 g/mol. The number of H-pyrrole nitrogens is 1. The molecular formula is C14H14N4OS. The van der Waals surface area contributed by atoms with Crippen molar-refractivity contribution in [2.75, 3.05) is 13.7 Å². The minimum atomic E-state index is 0.575.